The summed E-state index contributed by atoms with van der Waals surface area (Å²) in [7, 11) is -1.80. The lowest BCUT2D eigenvalue weighted by atomic mass is 10.2. The Bertz CT molecular complexity index is 682. The number of hydrogen-bond acceptors (Lipinski definition) is 4. The van der Waals surface area contributed by atoms with Gasteiger partial charge in [0.25, 0.3) is 0 Å². The van der Waals surface area contributed by atoms with Gasteiger partial charge in [-0.25, -0.2) is 4.98 Å². The van der Waals surface area contributed by atoms with Gasteiger partial charge in [0.1, 0.15) is 5.82 Å². The maximum atomic E-state index is 6.67. The highest BCUT2D eigenvalue weighted by Crippen LogP contribution is 2.42. The van der Waals surface area contributed by atoms with Crippen molar-refractivity contribution in [2.24, 2.45) is 0 Å². The van der Waals surface area contributed by atoms with Crippen LogP contribution in [0.15, 0.2) is 42.6 Å². The highest BCUT2D eigenvalue weighted by atomic mass is 28.4. The minimum Gasteiger partial charge on any atom is -0.416 e. The summed E-state index contributed by atoms with van der Waals surface area (Å²) < 4.78 is 6.67. The summed E-state index contributed by atoms with van der Waals surface area (Å²) in [5.74, 6) is 0.925. The van der Waals surface area contributed by atoms with Gasteiger partial charge in [-0.1, -0.05) is 53.7 Å². The van der Waals surface area contributed by atoms with Gasteiger partial charge in [0.05, 0.1) is 0 Å². The summed E-state index contributed by atoms with van der Waals surface area (Å²) in [5, 5.41) is 3.41. The predicted molar refractivity (Wildman–Crippen MR) is 121 cm³/mol. The molecule has 0 spiro atoms. The second kappa shape index (κ2) is 10.7. The van der Waals surface area contributed by atoms with E-state index < -0.39 is 8.32 Å². The third kappa shape index (κ3) is 5.88. The largest absolute Gasteiger partial charge is 0.416 e. The van der Waals surface area contributed by atoms with Crippen LogP contribution in [0.2, 0.25) is 16.6 Å². The standard InChI is InChI=1S/C23H37N3OSi/c1-18(2)28(19(3)4,20(5)6)27-17-14-22-11-9-12-23(26-22)25-16-13-21-10-7-8-15-24-21/h7-12,15,18-20H,13-14,16-17H2,1-6H3,(H,25,26). The molecule has 0 aromatic carbocycles. The van der Waals surface area contributed by atoms with Crippen molar-refractivity contribution in [2.75, 3.05) is 18.5 Å². The molecular formula is C23H37N3OSi. The smallest absolute Gasteiger partial charge is 0.200 e. The van der Waals surface area contributed by atoms with Crippen molar-refractivity contribution in [1.29, 1.82) is 0 Å². The number of hydrogen-bond donors (Lipinski definition) is 1. The Morgan fingerprint density at radius 2 is 1.54 bits per heavy atom. The summed E-state index contributed by atoms with van der Waals surface area (Å²) in [6.07, 6.45) is 3.58. The minimum absolute atomic E-state index is 0.611. The van der Waals surface area contributed by atoms with Crippen LogP contribution >= 0.6 is 0 Å². The molecule has 0 amide bonds. The number of rotatable bonds is 11. The van der Waals surface area contributed by atoms with Gasteiger partial charge in [-0.15, -0.1) is 0 Å². The molecule has 2 rings (SSSR count). The second-order valence-electron chi connectivity index (χ2n) is 8.43. The molecule has 0 aliphatic carbocycles. The van der Waals surface area contributed by atoms with Crippen LogP contribution in [0.5, 0.6) is 0 Å². The Balaban J connectivity index is 1.89. The molecule has 4 nitrogen and oxygen atoms in total. The summed E-state index contributed by atoms with van der Waals surface area (Å²) in [5.41, 5.74) is 4.01. The van der Waals surface area contributed by atoms with Crippen LogP contribution in [0.3, 0.4) is 0 Å². The number of aromatic nitrogens is 2. The molecule has 0 aliphatic rings. The van der Waals surface area contributed by atoms with Gasteiger partial charge in [-0.3, -0.25) is 4.98 Å². The van der Waals surface area contributed by atoms with Crippen molar-refractivity contribution in [3.05, 3.63) is 54.0 Å². The summed E-state index contributed by atoms with van der Waals surface area (Å²) in [6.45, 7) is 15.6. The maximum Gasteiger partial charge on any atom is 0.200 e. The van der Waals surface area contributed by atoms with Gasteiger partial charge in [0, 0.05) is 43.6 Å². The fourth-order valence-corrected chi connectivity index (χ4v) is 9.87. The average Bonchev–Trinajstić information content (AvgIpc) is 2.65. The predicted octanol–water partition coefficient (Wildman–Crippen LogP) is 5.87. The van der Waals surface area contributed by atoms with Gasteiger partial charge in [-0.05, 0) is 40.9 Å². The Morgan fingerprint density at radius 1 is 0.857 bits per heavy atom. The van der Waals surface area contributed by atoms with E-state index in [-0.39, 0.29) is 0 Å². The van der Waals surface area contributed by atoms with Crippen molar-refractivity contribution in [1.82, 2.24) is 9.97 Å². The Morgan fingerprint density at radius 3 is 2.14 bits per heavy atom. The number of anilines is 1. The zero-order valence-electron chi connectivity index (χ0n) is 18.4. The lowest BCUT2D eigenvalue weighted by Crippen LogP contribution is -2.48. The van der Waals surface area contributed by atoms with Gasteiger partial charge in [-0.2, -0.15) is 0 Å². The van der Waals surface area contributed by atoms with Crippen molar-refractivity contribution in [2.45, 2.75) is 71.0 Å². The molecule has 154 valence electrons. The van der Waals surface area contributed by atoms with Gasteiger partial charge in [0.15, 0.2) is 8.32 Å². The van der Waals surface area contributed by atoms with E-state index in [1.54, 1.807) is 0 Å². The zero-order chi connectivity index (χ0) is 20.6. The fourth-order valence-electron chi connectivity index (χ4n) is 4.41. The molecule has 2 aromatic heterocycles. The molecule has 0 atom stereocenters. The van der Waals surface area contributed by atoms with E-state index in [0.29, 0.717) is 16.6 Å². The van der Waals surface area contributed by atoms with Crippen LogP contribution in [0, 0.1) is 0 Å². The van der Waals surface area contributed by atoms with Gasteiger partial charge < -0.3 is 9.74 Å². The molecule has 0 unspecified atom stereocenters. The molecule has 0 bridgehead atoms. The monoisotopic (exact) mass is 399 g/mol. The fraction of sp³-hybridized carbons (Fsp3) is 0.565. The zero-order valence-corrected chi connectivity index (χ0v) is 19.4. The summed E-state index contributed by atoms with van der Waals surface area (Å²) >= 11 is 0. The van der Waals surface area contributed by atoms with Gasteiger partial charge in [0.2, 0.25) is 0 Å². The van der Waals surface area contributed by atoms with E-state index >= 15 is 0 Å². The van der Waals surface area contributed by atoms with Crippen molar-refractivity contribution < 1.29 is 4.43 Å². The molecule has 0 saturated carbocycles. The molecule has 1 N–H and O–H groups in total. The van der Waals surface area contributed by atoms with E-state index in [1.807, 2.05) is 24.4 Å². The van der Waals surface area contributed by atoms with Crippen LogP contribution in [0.4, 0.5) is 5.82 Å². The molecule has 0 aliphatic heterocycles. The van der Waals surface area contributed by atoms with Crippen LogP contribution in [0.1, 0.15) is 52.9 Å². The Hall–Kier alpha value is -1.72. The third-order valence-electron chi connectivity index (χ3n) is 5.64. The van der Waals surface area contributed by atoms with Crippen LogP contribution in [-0.4, -0.2) is 31.4 Å². The van der Waals surface area contributed by atoms with Crippen molar-refractivity contribution >= 4 is 14.1 Å². The first-order valence-corrected chi connectivity index (χ1v) is 12.7. The van der Waals surface area contributed by atoms with Crippen LogP contribution < -0.4 is 5.32 Å². The third-order valence-corrected chi connectivity index (χ3v) is 11.8. The maximum absolute atomic E-state index is 6.67. The van der Waals surface area contributed by atoms with E-state index in [0.717, 1.165) is 43.2 Å². The second-order valence-corrected chi connectivity index (χ2v) is 13.9. The quantitative estimate of drug-likeness (QED) is 0.480. The topological polar surface area (TPSA) is 47.0 Å². The highest BCUT2D eigenvalue weighted by Gasteiger charge is 2.44. The van der Waals surface area contributed by atoms with E-state index in [2.05, 4.69) is 70.0 Å². The average molecular weight is 400 g/mol. The molecular weight excluding hydrogens is 362 g/mol. The Kier molecular flexibility index (Phi) is 8.64. The SMILES string of the molecule is CC(C)[Si](OCCc1cccc(NCCc2ccccn2)n1)(C(C)C)C(C)C. The highest BCUT2D eigenvalue weighted by molar-refractivity contribution is 6.77. The molecule has 0 fully saturated rings. The number of nitrogens with one attached hydrogen (secondary N) is 1. The molecule has 2 heterocycles. The summed E-state index contributed by atoms with van der Waals surface area (Å²) in [6, 6.07) is 12.2. The molecule has 5 heteroatoms. The lowest BCUT2D eigenvalue weighted by molar-refractivity contribution is 0.280. The number of nitrogens with zero attached hydrogens (tertiary/aromatic N) is 2. The van der Waals surface area contributed by atoms with Crippen molar-refractivity contribution in [3.8, 4) is 0 Å². The molecule has 2 aromatic rings. The van der Waals surface area contributed by atoms with E-state index in [9.17, 15) is 0 Å². The molecule has 0 radical (unpaired) electrons. The van der Waals surface area contributed by atoms with Crippen molar-refractivity contribution in [3.63, 3.8) is 0 Å². The van der Waals surface area contributed by atoms with E-state index in [4.69, 9.17) is 9.41 Å². The number of pyridine rings is 2. The molecule has 28 heavy (non-hydrogen) atoms. The van der Waals surface area contributed by atoms with E-state index in [1.165, 1.54) is 0 Å². The van der Waals surface area contributed by atoms with Crippen LogP contribution in [-0.2, 0) is 17.3 Å². The first-order chi connectivity index (χ1) is 13.4. The normalized spacial score (nSPS) is 12.2. The summed E-state index contributed by atoms with van der Waals surface area (Å²) in [4.78, 5) is 9.12. The first kappa shape index (κ1) is 22.6. The minimum atomic E-state index is -1.80. The van der Waals surface area contributed by atoms with Gasteiger partial charge >= 0.3 is 0 Å². The lowest BCUT2D eigenvalue weighted by Gasteiger charge is -2.42. The molecule has 0 saturated heterocycles. The van der Waals surface area contributed by atoms with Crippen LogP contribution in [0.25, 0.3) is 0 Å². The first-order valence-electron chi connectivity index (χ1n) is 10.6. The Labute approximate surface area is 172 Å².